The predicted octanol–water partition coefficient (Wildman–Crippen LogP) is 5.83. The van der Waals surface area contributed by atoms with Gasteiger partial charge in [0, 0.05) is 28.1 Å². The molecule has 0 atom stereocenters. The number of nitrogens with one attached hydrogen (secondary N) is 1. The van der Waals surface area contributed by atoms with Crippen molar-refractivity contribution in [3.8, 4) is 22.8 Å². The van der Waals surface area contributed by atoms with Crippen LogP contribution in [-0.4, -0.2) is 24.2 Å². The molecule has 0 saturated heterocycles. The number of halogens is 1. The van der Waals surface area contributed by atoms with Gasteiger partial charge in [0.1, 0.15) is 0 Å². The van der Waals surface area contributed by atoms with Gasteiger partial charge in [-0.15, -0.1) is 11.3 Å². The van der Waals surface area contributed by atoms with Gasteiger partial charge in [0.2, 0.25) is 0 Å². The molecule has 26 heavy (non-hydrogen) atoms. The summed E-state index contributed by atoms with van der Waals surface area (Å²) in [5, 5.41) is 7.55. The van der Waals surface area contributed by atoms with Crippen LogP contribution in [0.2, 0.25) is 5.02 Å². The number of benzene rings is 2. The number of methoxy groups -OCH3 is 2. The zero-order valence-electron chi connectivity index (χ0n) is 13.9. The zero-order chi connectivity index (χ0) is 18.1. The molecule has 5 nitrogen and oxygen atoms in total. The van der Waals surface area contributed by atoms with Crippen LogP contribution in [-0.2, 0) is 0 Å². The summed E-state index contributed by atoms with van der Waals surface area (Å²) in [4.78, 5) is 9.23. The fourth-order valence-electron chi connectivity index (χ4n) is 2.48. The molecule has 0 bridgehead atoms. The lowest BCUT2D eigenvalue weighted by molar-refractivity contribution is 0.356. The van der Waals surface area contributed by atoms with E-state index in [0.717, 1.165) is 31.7 Å². The minimum Gasteiger partial charge on any atom is -0.493 e. The number of fused-ring (bicyclic) bond motifs is 1. The standard InChI is InChI=1S/C18H14ClN3O2S2/c1-23-14-7-12-16(8-15(14)24-2)26-18(20-12)22-17-21-13(9-25-17)10-3-5-11(19)6-4-10/h3-9H,1-2H3,(H,20,21,22). The maximum absolute atomic E-state index is 5.94. The molecule has 0 aliphatic heterocycles. The lowest BCUT2D eigenvalue weighted by Crippen LogP contribution is -1.90. The Kier molecular flexibility index (Phi) is 4.67. The SMILES string of the molecule is COc1cc2nc(Nc3nc(-c4ccc(Cl)cc4)cs3)sc2cc1OC. The Labute approximate surface area is 163 Å². The first-order valence-electron chi connectivity index (χ1n) is 7.67. The van der Waals surface area contributed by atoms with Crippen molar-refractivity contribution in [1.29, 1.82) is 0 Å². The molecule has 0 spiro atoms. The molecule has 2 heterocycles. The van der Waals surface area contributed by atoms with Gasteiger partial charge in [0.25, 0.3) is 0 Å². The van der Waals surface area contributed by atoms with E-state index in [0.29, 0.717) is 16.5 Å². The van der Waals surface area contributed by atoms with Crippen molar-refractivity contribution in [3.05, 3.63) is 46.8 Å². The van der Waals surface area contributed by atoms with Crippen LogP contribution in [0.1, 0.15) is 0 Å². The highest BCUT2D eigenvalue weighted by Crippen LogP contribution is 2.37. The molecular formula is C18H14ClN3O2S2. The Morgan fingerprint density at radius 2 is 1.69 bits per heavy atom. The van der Waals surface area contributed by atoms with Crippen LogP contribution in [0.25, 0.3) is 21.5 Å². The third kappa shape index (κ3) is 3.33. The van der Waals surface area contributed by atoms with Gasteiger partial charge in [0.05, 0.1) is 30.1 Å². The number of rotatable bonds is 5. The highest BCUT2D eigenvalue weighted by Gasteiger charge is 2.12. The van der Waals surface area contributed by atoms with E-state index in [2.05, 4.69) is 15.3 Å². The van der Waals surface area contributed by atoms with Crippen molar-refractivity contribution >= 4 is 54.8 Å². The summed E-state index contributed by atoms with van der Waals surface area (Å²) < 4.78 is 11.7. The first kappa shape index (κ1) is 17.1. The maximum atomic E-state index is 5.94. The smallest absolute Gasteiger partial charge is 0.190 e. The molecule has 0 radical (unpaired) electrons. The van der Waals surface area contributed by atoms with Gasteiger partial charge in [-0.3, -0.25) is 0 Å². The third-order valence-corrected chi connectivity index (χ3v) is 5.70. The summed E-state index contributed by atoms with van der Waals surface area (Å²) in [6, 6.07) is 11.4. The van der Waals surface area contributed by atoms with Crippen LogP contribution < -0.4 is 14.8 Å². The fraction of sp³-hybridized carbons (Fsp3) is 0.111. The molecule has 8 heteroatoms. The zero-order valence-corrected chi connectivity index (χ0v) is 16.3. The monoisotopic (exact) mass is 403 g/mol. The Balaban J connectivity index is 1.60. The van der Waals surface area contributed by atoms with Crippen LogP contribution in [0.15, 0.2) is 41.8 Å². The van der Waals surface area contributed by atoms with E-state index in [1.54, 1.807) is 14.2 Å². The summed E-state index contributed by atoms with van der Waals surface area (Å²) >= 11 is 9.01. The van der Waals surface area contributed by atoms with Crippen LogP contribution in [0, 0.1) is 0 Å². The molecule has 2 aromatic carbocycles. The molecule has 0 aliphatic rings. The lowest BCUT2D eigenvalue weighted by atomic mass is 10.2. The normalized spacial score (nSPS) is 10.9. The Hall–Kier alpha value is -2.35. The van der Waals surface area contributed by atoms with Crippen LogP contribution in [0.3, 0.4) is 0 Å². The van der Waals surface area contributed by atoms with Gasteiger partial charge in [-0.25, -0.2) is 9.97 Å². The van der Waals surface area contributed by atoms with Crippen LogP contribution in [0.4, 0.5) is 10.3 Å². The van der Waals surface area contributed by atoms with Gasteiger partial charge in [-0.2, -0.15) is 0 Å². The Morgan fingerprint density at radius 1 is 0.962 bits per heavy atom. The highest BCUT2D eigenvalue weighted by atomic mass is 35.5. The van der Waals surface area contributed by atoms with E-state index in [1.807, 2.05) is 41.8 Å². The highest BCUT2D eigenvalue weighted by molar-refractivity contribution is 7.22. The molecule has 1 N–H and O–H groups in total. The quantitative estimate of drug-likeness (QED) is 0.454. The van der Waals surface area contributed by atoms with Gasteiger partial charge < -0.3 is 14.8 Å². The topological polar surface area (TPSA) is 56.3 Å². The average molecular weight is 404 g/mol. The molecule has 4 aromatic rings. The number of hydrogen-bond donors (Lipinski definition) is 1. The van der Waals surface area contributed by atoms with E-state index < -0.39 is 0 Å². The van der Waals surface area contributed by atoms with E-state index in [4.69, 9.17) is 21.1 Å². The number of nitrogens with zero attached hydrogens (tertiary/aromatic N) is 2. The largest absolute Gasteiger partial charge is 0.493 e. The number of aromatic nitrogens is 2. The van der Waals surface area contributed by atoms with Crippen molar-refractivity contribution in [1.82, 2.24) is 9.97 Å². The molecular weight excluding hydrogens is 390 g/mol. The third-order valence-electron chi connectivity index (χ3n) is 3.75. The van der Waals surface area contributed by atoms with E-state index in [-0.39, 0.29) is 0 Å². The van der Waals surface area contributed by atoms with Crippen LogP contribution >= 0.6 is 34.3 Å². The first-order chi connectivity index (χ1) is 12.7. The molecule has 0 unspecified atom stereocenters. The fourth-order valence-corrected chi connectivity index (χ4v) is 4.27. The molecule has 4 rings (SSSR count). The van der Waals surface area contributed by atoms with E-state index in [9.17, 15) is 0 Å². The molecule has 0 fully saturated rings. The number of hydrogen-bond acceptors (Lipinski definition) is 7. The second-order valence-corrected chi connectivity index (χ2v) is 7.69. The second kappa shape index (κ2) is 7.11. The van der Waals surface area contributed by atoms with Crippen molar-refractivity contribution in [2.24, 2.45) is 0 Å². The van der Waals surface area contributed by atoms with Crippen molar-refractivity contribution in [2.75, 3.05) is 19.5 Å². The minimum absolute atomic E-state index is 0.663. The van der Waals surface area contributed by atoms with E-state index >= 15 is 0 Å². The van der Waals surface area contributed by atoms with Gasteiger partial charge in [-0.1, -0.05) is 35.1 Å². The summed E-state index contributed by atoms with van der Waals surface area (Å²) in [5.41, 5.74) is 2.78. The number of thiazole rings is 2. The summed E-state index contributed by atoms with van der Waals surface area (Å²) in [6.45, 7) is 0. The second-order valence-electron chi connectivity index (χ2n) is 5.36. The van der Waals surface area contributed by atoms with Gasteiger partial charge >= 0.3 is 0 Å². The molecule has 2 aromatic heterocycles. The molecule has 0 amide bonds. The van der Waals surface area contributed by atoms with E-state index in [1.165, 1.54) is 22.7 Å². The molecule has 132 valence electrons. The van der Waals surface area contributed by atoms with Crippen molar-refractivity contribution in [3.63, 3.8) is 0 Å². The first-order valence-corrected chi connectivity index (χ1v) is 9.75. The molecule has 0 saturated carbocycles. The lowest BCUT2D eigenvalue weighted by Gasteiger charge is -2.05. The predicted molar refractivity (Wildman–Crippen MR) is 109 cm³/mol. The summed E-state index contributed by atoms with van der Waals surface area (Å²) in [6.07, 6.45) is 0. The number of anilines is 2. The van der Waals surface area contributed by atoms with Gasteiger partial charge in [-0.05, 0) is 12.1 Å². The average Bonchev–Trinajstić information content (AvgIpc) is 3.27. The Morgan fingerprint density at radius 3 is 2.42 bits per heavy atom. The maximum Gasteiger partial charge on any atom is 0.190 e. The van der Waals surface area contributed by atoms with Crippen LogP contribution in [0.5, 0.6) is 11.5 Å². The Bertz CT molecular complexity index is 1020. The van der Waals surface area contributed by atoms with Crippen molar-refractivity contribution in [2.45, 2.75) is 0 Å². The minimum atomic E-state index is 0.663. The summed E-state index contributed by atoms with van der Waals surface area (Å²) in [5.74, 6) is 1.35. The molecule has 0 aliphatic carbocycles. The summed E-state index contributed by atoms with van der Waals surface area (Å²) in [7, 11) is 3.24. The van der Waals surface area contributed by atoms with Crippen molar-refractivity contribution < 1.29 is 9.47 Å². The van der Waals surface area contributed by atoms with Gasteiger partial charge in [0.15, 0.2) is 21.8 Å². The number of ether oxygens (including phenoxy) is 2.